The second kappa shape index (κ2) is 5.08. The number of aromatic nitrogens is 2. The highest BCUT2D eigenvalue weighted by molar-refractivity contribution is 9.10. The largest absolute Gasteiger partial charge is 0.379 e. The maximum Gasteiger partial charge on any atom is 0.127 e. The van der Waals surface area contributed by atoms with Gasteiger partial charge in [-0.05, 0) is 35.2 Å². The van der Waals surface area contributed by atoms with Gasteiger partial charge in [0.2, 0.25) is 0 Å². The van der Waals surface area contributed by atoms with Crippen molar-refractivity contribution < 1.29 is 4.74 Å². The molecule has 94 valence electrons. The minimum Gasteiger partial charge on any atom is -0.379 e. The quantitative estimate of drug-likeness (QED) is 0.900. The summed E-state index contributed by atoms with van der Waals surface area (Å²) in [5.74, 6) is 1.20. The van der Waals surface area contributed by atoms with Crippen molar-refractivity contribution in [1.29, 1.82) is 0 Å². The Bertz CT molecular complexity index is 399. The first-order chi connectivity index (χ1) is 8.34. The van der Waals surface area contributed by atoms with Gasteiger partial charge in [-0.25, -0.2) is 4.98 Å². The molecule has 1 saturated heterocycles. The van der Waals surface area contributed by atoms with Crippen LogP contribution in [-0.4, -0.2) is 35.4 Å². The Morgan fingerprint density at radius 2 is 2.41 bits per heavy atom. The van der Waals surface area contributed by atoms with Gasteiger partial charge < -0.3 is 14.6 Å². The molecule has 1 fully saturated rings. The highest BCUT2D eigenvalue weighted by Gasteiger charge is 2.22. The number of hydrogen-bond acceptors (Lipinski definition) is 3. The van der Waals surface area contributed by atoms with Gasteiger partial charge in [0, 0.05) is 25.6 Å². The lowest BCUT2D eigenvalue weighted by molar-refractivity contribution is 0.0760. The zero-order valence-electron chi connectivity index (χ0n) is 9.91. The third-order valence-electron chi connectivity index (χ3n) is 3.58. The van der Waals surface area contributed by atoms with Gasteiger partial charge in [-0.1, -0.05) is 0 Å². The second-order valence-corrected chi connectivity index (χ2v) is 5.56. The van der Waals surface area contributed by atoms with Gasteiger partial charge in [0.15, 0.2) is 0 Å². The van der Waals surface area contributed by atoms with Crippen LogP contribution in [0.15, 0.2) is 4.60 Å². The number of ether oxygens (including phenoxy) is 1. The van der Waals surface area contributed by atoms with Crippen molar-refractivity contribution in [2.75, 3.05) is 19.8 Å². The Morgan fingerprint density at radius 3 is 3.24 bits per heavy atom. The van der Waals surface area contributed by atoms with Crippen molar-refractivity contribution in [2.45, 2.75) is 38.3 Å². The van der Waals surface area contributed by atoms with E-state index in [0.29, 0.717) is 6.04 Å². The molecule has 3 rings (SSSR count). The van der Waals surface area contributed by atoms with E-state index >= 15 is 0 Å². The standard InChI is InChI=1S/C12H18BrN3O/c13-12-10-3-1-2-5-16(10)11(15-12)7-9-8-17-6-4-14-9/h9,14H,1-8H2. The highest BCUT2D eigenvalue weighted by atomic mass is 79.9. The fraction of sp³-hybridized carbons (Fsp3) is 0.750. The summed E-state index contributed by atoms with van der Waals surface area (Å²) in [5, 5.41) is 3.49. The summed E-state index contributed by atoms with van der Waals surface area (Å²) in [6, 6.07) is 0.420. The summed E-state index contributed by atoms with van der Waals surface area (Å²) < 4.78 is 8.93. The van der Waals surface area contributed by atoms with Crippen LogP contribution < -0.4 is 5.32 Å². The van der Waals surface area contributed by atoms with Crippen molar-refractivity contribution in [3.05, 3.63) is 16.1 Å². The number of hydrogen-bond donors (Lipinski definition) is 1. The lowest BCUT2D eigenvalue weighted by Crippen LogP contribution is -2.43. The van der Waals surface area contributed by atoms with Gasteiger partial charge in [0.25, 0.3) is 0 Å². The molecule has 2 aliphatic heterocycles. The number of morpholine rings is 1. The molecule has 1 unspecified atom stereocenters. The van der Waals surface area contributed by atoms with E-state index in [0.717, 1.165) is 43.7 Å². The van der Waals surface area contributed by atoms with Gasteiger partial charge in [0.1, 0.15) is 10.4 Å². The van der Waals surface area contributed by atoms with Crippen LogP contribution in [0, 0.1) is 0 Å². The van der Waals surface area contributed by atoms with E-state index in [-0.39, 0.29) is 0 Å². The number of imidazole rings is 1. The smallest absolute Gasteiger partial charge is 0.127 e. The third-order valence-corrected chi connectivity index (χ3v) is 4.21. The molecule has 17 heavy (non-hydrogen) atoms. The molecule has 3 heterocycles. The number of nitrogens with one attached hydrogen (secondary N) is 1. The van der Waals surface area contributed by atoms with Crippen molar-refractivity contribution >= 4 is 15.9 Å². The van der Waals surface area contributed by atoms with Crippen LogP contribution in [0.25, 0.3) is 0 Å². The normalized spacial score (nSPS) is 24.6. The molecule has 1 aromatic rings. The molecule has 2 aliphatic rings. The van der Waals surface area contributed by atoms with Crippen LogP contribution in [0.3, 0.4) is 0 Å². The van der Waals surface area contributed by atoms with E-state index in [1.165, 1.54) is 24.4 Å². The van der Waals surface area contributed by atoms with Crippen LogP contribution in [0.5, 0.6) is 0 Å². The molecule has 1 aromatic heterocycles. The Kier molecular flexibility index (Phi) is 3.49. The molecule has 5 heteroatoms. The van der Waals surface area contributed by atoms with Crippen molar-refractivity contribution in [2.24, 2.45) is 0 Å². The average molecular weight is 300 g/mol. The molecule has 0 aliphatic carbocycles. The molecule has 0 saturated carbocycles. The first kappa shape index (κ1) is 11.7. The SMILES string of the molecule is Brc1nc(CC2COCCN2)n2c1CCCC2. The monoisotopic (exact) mass is 299 g/mol. The summed E-state index contributed by atoms with van der Waals surface area (Å²) in [4.78, 5) is 4.67. The summed E-state index contributed by atoms with van der Waals surface area (Å²) in [7, 11) is 0. The van der Waals surface area contributed by atoms with Gasteiger partial charge in [0.05, 0.1) is 18.9 Å². The van der Waals surface area contributed by atoms with Gasteiger partial charge >= 0.3 is 0 Å². The number of halogens is 1. The molecule has 4 nitrogen and oxygen atoms in total. The minimum absolute atomic E-state index is 0.420. The zero-order valence-corrected chi connectivity index (χ0v) is 11.5. The fourth-order valence-electron chi connectivity index (χ4n) is 2.70. The fourth-order valence-corrected chi connectivity index (χ4v) is 3.31. The van der Waals surface area contributed by atoms with Gasteiger partial charge in [-0.3, -0.25) is 0 Å². The van der Waals surface area contributed by atoms with Crippen molar-refractivity contribution in [3.8, 4) is 0 Å². The van der Waals surface area contributed by atoms with Crippen LogP contribution >= 0.6 is 15.9 Å². The van der Waals surface area contributed by atoms with Gasteiger partial charge in [-0.15, -0.1) is 0 Å². The summed E-state index contributed by atoms with van der Waals surface area (Å²) >= 11 is 3.58. The molecule has 0 amide bonds. The van der Waals surface area contributed by atoms with Crippen LogP contribution in [0.1, 0.15) is 24.4 Å². The van der Waals surface area contributed by atoms with E-state index in [2.05, 4.69) is 30.8 Å². The molecule has 0 aromatic carbocycles. The van der Waals surface area contributed by atoms with E-state index in [1.54, 1.807) is 0 Å². The van der Waals surface area contributed by atoms with Gasteiger partial charge in [-0.2, -0.15) is 0 Å². The average Bonchev–Trinajstić information content (AvgIpc) is 2.69. The zero-order chi connectivity index (χ0) is 11.7. The summed E-state index contributed by atoms with van der Waals surface area (Å²) in [6.07, 6.45) is 4.69. The predicted octanol–water partition coefficient (Wildman–Crippen LogP) is 1.51. The highest BCUT2D eigenvalue weighted by Crippen LogP contribution is 2.25. The van der Waals surface area contributed by atoms with Crippen LogP contribution in [0.4, 0.5) is 0 Å². The molecular weight excluding hydrogens is 282 g/mol. The molecule has 0 spiro atoms. The maximum absolute atomic E-state index is 5.49. The Morgan fingerprint density at radius 1 is 1.47 bits per heavy atom. The summed E-state index contributed by atoms with van der Waals surface area (Å²) in [6.45, 7) is 3.72. The lowest BCUT2D eigenvalue weighted by Gasteiger charge is -2.24. The van der Waals surface area contributed by atoms with E-state index in [1.807, 2.05) is 0 Å². The van der Waals surface area contributed by atoms with E-state index in [4.69, 9.17) is 4.74 Å². The van der Waals surface area contributed by atoms with Crippen LogP contribution in [-0.2, 0) is 24.1 Å². The molecule has 0 radical (unpaired) electrons. The summed E-state index contributed by atoms with van der Waals surface area (Å²) in [5.41, 5.74) is 1.38. The second-order valence-electron chi connectivity index (χ2n) is 4.80. The molecule has 1 N–H and O–H groups in total. The van der Waals surface area contributed by atoms with E-state index < -0.39 is 0 Å². The first-order valence-corrected chi connectivity index (χ1v) is 7.19. The topological polar surface area (TPSA) is 39.1 Å². The maximum atomic E-state index is 5.49. The lowest BCUT2D eigenvalue weighted by atomic mass is 10.1. The third kappa shape index (κ3) is 2.41. The van der Waals surface area contributed by atoms with Crippen LogP contribution in [0.2, 0.25) is 0 Å². The molecule has 0 bridgehead atoms. The Balaban J connectivity index is 1.78. The minimum atomic E-state index is 0.420. The Labute approximate surface area is 110 Å². The van der Waals surface area contributed by atoms with E-state index in [9.17, 15) is 0 Å². The molecular formula is C12H18BrN3O. The Hall–Kier alpha value is -0.390. The molecule has 1 atom stereocenters. The number of rotatable bonds is 2. The predicted molar refractivity (Wildman–Crippen MR) is 69.2 cm³/mol. The number of fused-ring (bicyclic) bond motifs is 1. The van der Waals surface area contributed by atoms with Crippen molar-refractivity contribution in [3.63, 3.8) is 0 Å². The van der Waals surface area contributed by atoms with Crippen molar-refractivity contribution in [1.82, 2.24) is 14.9 Å². The number of nitrogens with zero attached hydrogens (tertiary/aromatic N) is 2. The first-order valence-electron chi connectivity index (χ1n) is 6.39.